The van der Waals surface area contributed by atoms with Crippen molar-refractivity contribution < 1.29 is 26.4 Å². The van der Waals surface area contributed by atoms with Gasteiger partial charge in [-0.1, -0.05) is 0 Å². The molecule has 0 radical (unpaired) electrons. The summed E-state index contributed by atoms with van der Waals surface area (Å²) in [5.41, 5.74) is -0.553. The predicted octanol–water partition coefficient (Wildman–Crippen LogP) is 3.45. The maximum Gasteiger partial charge on any atom is 0.265 e. The van der Waals surface area contributed by atoms with Gasteiger partial charge in [0.1, 0.15) is 23.5 Å². The molecule has 0 saturated carbocycles. The average Bonchev–Trinajstić information content (AvgIpc) is 2.49. The Balaban J connectivity index is 2.66. The van der Waals surface area contributed by atoms with Gasteiger partial charge in [0.15, 0.2) is 0 Å². The SMILES string of the molecule is CC(C(=O)Cl)N(c1ccc(F)cc1F)S(=O)(=O)c1ccc(F)cc1. The Bertz CT molecular complexity index is 872. The summed E-state index contributed by atoms with van der Waals surface area (Å²) < 4.78 is 66.1. The van der Waals surface area contributed by atoms with E-state index in [1.54, 1.807) is 0 Å². The van der Waals surface area contributed by atoms with Crippen molar-refractivity contribution in [3.8, 4) is 0 Å². The molecule has 0 bridgehead atoms. The Morgan fingerprint density at radius 3 is 2.08 bits per heavy atom. The number of sulfonamides is 1. The first-order valence-electron chi connectivity index (χ1n) is 6.59. The molecule has 24 heavy (non-hydrogen) atoms. The third-order valence-corrected chi connectivity index (χ3v) is 5.41. The molecule has 0 aliphatic carbocycles. The Morgan fingerprint density at radius 2 is 1.58 bits per heavy atom. The summed E-state index contributed by atoms with van der Waals surface area (Å²) in [7, 11) is -4.45. The van der Waals surface area contributed by atoms with Gasteiger partial charge in [-0.2, -0.15) is 0 Å². The van der Waals surface area contributed by atoms with Crippen LogP contribution in [0.1, 0.15) is 6.92 Å². The lowest BCUT2D eigenvalue weighted by atomic mass is 10.2. The van der Waals surface area contributed by atoms with Gasteiger partial charge >= 0.3 is 0 Å². The van der Waals surface area contributed by atoms with Crippen LogP contribution in [0.3, 0.4) is 0 Å². The summed E-state index contributed by atoms with van der Waals surface area (Å²) in [6.07, 6.45) is 0. The summed E-state index contributed by atoms with van der Waals surface area (Å²) in [5, 5.41) is -1.07. The molecule has 0 amide bonds. The highest BCUT2D eigenvalue weighted by Crippen LogP contribution is 2.29. The number of benzene rings is 2. The molecule has 0 fully saturated rings. The molecule has 0 aliphatic heterocycles. The average molecular weight is 378 g/mol. The van der Waals surface area contributed by atoms with Crippen molar-refractivity contribution in [3.05, 3.63) is 59.9 Å². The van der Waals surface area contributed by atoms with Crippen LogP contribution in [0.15, 0.2) is 47.4 Å². The minimum atomic E-state index is -4.45. The van der Waals surface area contributed by atoms with Gasteiger partial charge in [-0.25, -0.2) is 21.6 Å². The minimum absolute atomic E-state index is 0.377. The zero-order chi connectivity index (χ0) is 18.1. The molecule has 2 rings (SSSR count). The highest BCUT2D eigenvalue weighted by molar-refractivity contribution is 7.93. The fraction of sp³-hybridized carbons (Fsp3) is 0.133. The number of anilines is 1. The Morgan fingerprint density at radius 1 is 1.04 bits per heavy atom. The second-order valence-electron chi connectivity index (χ2n) is 4.83. The number of halogens is 4. The van der Waals surface area contributed by atoms with Gasteiger partial charge in [0.2, 0.25) is 5.24 Å². The first-order valence-corrected chi connectivity index (χ1v) is 8.41. The summed E-state index contributed by atoms with van der Waals surface area (Å²) in [4.78, 5) is 11.1. The quantitative estimate of drug-likeness (QED) is 0.750. The van der Waals surface area contributed by atoms with E-state index in [1.165, 1.54) is 0 Å². The van der Waals surface area contributed by atoms with Crippen LogP contribution >= 0.6 is 11.6 Å². The van der Waals surface area contributed by atoms with Gasteiger partial charge in [0.05, 0.1) is 10.6 Å². The molecule has 0 aromatic heterocycles. The zero-order valence-electron chi connectivity index (χ0n) is 12.2. The standard InChI is InChI=1S/C15H11ClF3NO3S/c1-9(15(16)21)20(14-7-4-11(18)8-13(14)19)24(22,23)12-5-2-10(17)3-6-12/h2-9H,1H3. The number of carbonyl (C=O) groups excluding carboxylic acids is 1. The van der Waals surface area contributed by atoms with Crippen LogP contribution in [-0.4, -0.2) is 19.7 Å². The van der Waals surface area contributed by atoms with E-state index in [0.29, 0.717) is 10.4 Å². The molecular formula is C15H11ClF3NO3S. The van der Waals surface area contributed by atoms with Crippen molar-refractivity contribution in [2.24, 2.45) is 0 Å². The third kappa shape index (κ3) is 3.54. The second-order valence-corrected chi connectivity index (χ2v) is 7.02. The topological polar surface area (TPSA) is 54.5 Å². The van der Waals surface area contributed by atoms with E-state index < -0.39 is 44.4 Å². The smallest absolute Gasteiger partial charge is 0.265 e. The normalized spacial score (nSPS) is 12.7. The molecule has 4 nitrogen and oxygen atoms in total. The highest BCUT2D eigenvalue weighted by Gasteiger charge is 2.34. The van der Waals surface area contributed by atoms with Gasteiger partial charge in [0, 0.05) is 6.07 Å². The molecule has 9 heteroatoms. The zero-order valence-corrected chi connectivity index (χ0v) is 13.8. The molecule has 128 valence electrons. The lowest BCUT2D eigenvalue weighted by molar-refractivity contribution is -0.112. The van der Waals surface area contributed by atoms with Gasteiger partial charge in [0.25, 0.3) is 10.0 Å². The van der Waals surface area contributed by atoms with Crippen LogP contribution in [0.4, 0.5) is 18.9 Å². The van der Waals surface area contributed by atoms with Crippen molar-refractivity contribution in [1.29, 1.82) is 0 Å². The van der Waals surface area contributed by atoms with E-state index >= 15 is 0 Å². The predicted molar refractivity (Wildman–Crippen MR) is 82.7 cm³/mol. The molecule has 0 spiro atoms. The van der Waals surface area contributed by atoms with Crippen molar-refractivity contribution in [2.45, 2.75) is 17.9 Å². The number of hydrogen-bond donors (Lipinski definition) is 0. The first kappa shape index (κ1) is 18.3. The van der Waals surface area contributed by atoms with E-state index in [2.05, 4.69) is 0 Å². The van der Waals surface area contributed by atoms with E-state index in [0.717, 1.165) is 43.3 Å². The maximum atomic E-state index is 14.1. The number of nitrogens with zero attached hydrogens (tertiary/aromatic N) is 1. The number of carbonyl (C=O) groups is 1. The van der Waals surface area contributed by atoms with Gasteiger partial charge < -0.3 is 0 Å². The van der Waals surface area contributed by atoms with Crippen molar-refractivity contribution in [1.82, 2.24) is 0 Å². The fourth-order valence-electron chi connectivity index (χ4n) is 2.02. The van der Waals surface area contributed by atoms with Crippen LogP contribution in [0, 0.1) is 17.5 Å². The molecule has 2 aromatic rings. The molecule has 2 aromatic carbocycles. The summed E-state index contributed by atoms with van der Waals surface area (Å²) >= 11 is 5.37. The molecular weight excluding hydrogens is 367 g/mol. The second kappa shape index (κ2) is 6.82. The van der Waals surface area contributed by atoms with Crippen LogP contribution in [0.5, 0.6) is 0 Å². The molecule has 0 N–H and O–H groups in total. The summed E-state index contributed by atoms with van der Waals surface area (Å²) in [6.45, 7) is 1.15. The van der Waals surface area contributed by atoms with E-state index in [1.807, 2.05) is 0 Å². The Labute approximate surface area is 141 Å². The largest absolute Gasteiger partial charge is 0.279 e. The van der Waals surface area contributed by atoms with Crippen LogP contribution < -0.4 is 4.31 Å². The summed E-state index contributed by atoms with van der Waals surface area (Å²) in [5.74, 6) is -2.78. The first-order chi connectivity index (χ1) is 11.1. The third-order valence-electron chi connectivity index (χ3n) is 3.20. The fourth-order valence-corrected chi connectivity index (χ4v) is 3.80. The van der Waals surface area contributed by atoms with Crippen molar-refractivity contribution >= 4 is 32.6 Å². The van der Waals surface area contributed by atoms with Crippen molar-refractivity contribution in [3.63, 3.8) is 0 Å². The van der Waals surface area contributed by atoms with Crippen LogP contribution in [-0.2, 0) is 14.8 Å². The van der Waals surface area contributed by atoms with Gasteiger partial charge in [-0.05, 0) is 54.9 Å². The van der Waals surface area contributed by atoms with E-state index in [4.69, 9.17) is 11.6 Å². The Kier molecular flexibility index (Phi) is 5.19. The molecule has 1 atom stereocenters. The maximum absolute atomic E-state index is 14.1. The van der Waals surface area contributed by atoms with Crippen LogP contribution in [0.2, 0.25) is 0 Å². The van der Waals surface area contributed by atoms with Gasteiger partial charge in [-0.3, -0.25) is 9.10 Å². The molecule has 0 aliphatic rings. The lowest BCUT2D eigenvalue weighted by Gasteiger charge is -2.28. The minimum Gasteiger partial charge on any atom is -0.279 e. The number of rotatable bonds is 5. The van der Waals surface area contributed by atoms with E-state index in [-0.39, 0.29) is 4.90 Å². The lowest BCUT2D eigenvalue weighted by Crippen LogP contribution is -2.42. The van der Waals surface area contributed by atoms with Gasteiger partial charge in [-0.15, -0.1) is 0 Å². The number of hydrogen-bond acceptors (Lipinski definition) is 3. The molecule has 0 saturated heterocycles. The molecule has 1 unspecified atom stereocenters. The van der Waals surface area contributed by atoms with E-state index in [9.17, 15) is 26.4 Å². The summed E-state index contributed by atoms with van der Waals surface area (Å²) in [6, 6.07) is 4.46. The molecule has 0 heterocycles. The van der Waals surface area contributed by atoms with Crippen molar-refractivity contribution in [2.75, 3.05) is 4.31 Å². The Hall–Kier alpha value is -2.06. The highest BCUT2D eigenvalue weighted by atomic mass is 35.5. The monoisotopic (exact) mass is 377 g/mol. The van der Waals surface area contributed by atoms with Crippen LogP contribution in [0.25, 0.3) is 0 Å².